The van der Waals surface area contributed by atoms with Crippen LogP contribution in [0.25, 0.3) is 0 Å². The van der Waals surface area contributed by atoms with Crippen LogP contribution in [0.3, 0.4) is 0 Å². The Hall–Kier alpha value is -1.39. The number of methoxy groups -OCH3 is 1. The van der Waals surface area contributed by atoms with Crippen LogP contribution in [-0.2, 0) is 19.6 Å². The van der Waals surface area contributed by atoms with Gasteiger partial charge in [-0.3, -0.25) is 4.79 Å². The molecule has 0 aliphatic rings. The number of halogens is 1. The predicted octanol–water partition coefficient (Wildman–Crippen LogP) is -0.248. The average molecular weight is 367 g/mol. The van der Waals surface area contributed by atoms with E-state index in [4.69, 9.17) is 26.2 Å². The Balaban J connectivity index is 2.68. The van der Waals surface area contributed by atoms with Gasteiger partial charge in [-0.1, -0.05) is 11.6 Å². The average Bonchev–Trinajstić information content (AvgIpc) is 2.51. The topological polar surface area (TPSA) is 114 Å². The van der Waals surface area contributed by atoms with Crippen molar-refractivity contribution in [3.05, 3.63) is 23.2 Å². The van der Waals surface area contributed by atoms with Crippen molar-refractivity contribution in [2.45, 2.75) is 4.90 Å². The summed E-state index contributed by atoms with van der Waals surface area (Å²) in [6.45, 7) is 0.0458. The summed E-state index contributed by atoms with van der Waals surface area (Å²) < 4.78 is 36.3. The highest BCUT2D eigenvalue weighted by Gasteiger charge is 2.16. The van der Waals surface area contributed by atoms with E-state index in [1.54, 1.807) is 0 Å². The van der Waals surface area contributed by atoms with Crippen LogP contribution in [0.2, 0.25) is 5.02 Å². The van der Waals surface area contributed by atoms with E-state index in [1.165, 1.54) is 25.3 Å². The van der Waals surface area contributed by atoms with Crippen molar-refractivity contribution in [2.24, 2.45) is 0 Å². The van der Waals surface area contributed by atoms with Gasteiger partial charge in [-0.2, -0.15) is 0 Å². The van der Waals surface area contributed by atoms with Crippen LogP contribution in [0.1, 0.15) is 0 Å². The molecule has 0 atom stereocenters. The van der Waals surface area contributed by atoms with E-state index in [0.29, 0.717) is 0 Å². The van der Waals surface area contributed by atoms with E-state index < -0.39 is 15.9 Å². The van der Waals surface area contributed by atoms with Crippen molar-refractivity contribution in [1.82, 2.24) is 10.0 Å². The molecule has 0 saturated heterocycles. The molecule has 0 bridgehead atoms. The van der Waals surface area contributed by atoms with Crippen molar-refractivity contribution in [3.63, 3.8) is 0 Å². The molecule has 1 amide bonds. The minimum Gasteiger partial charge on any atom is -0.482 e. The molecule has 1 aromatic rings. The molecule has 10 heteroatoms. The standard InChI is InChI=1S/C13H19ClN2O6S/c1-21-7-5-16-23(19,20)10-2-3-12(11(14)8-10)22-9-13(18)15-4-6-17/h2-3,8,16-17H,4-7,9H2,1H3,(H,15,18). The Morgan fingerprint density at radius 2 is 2.09 bits per heavy atom. The summed E-state index contributed by atoms with van der Waals surface area (Å²) in [6, 6.07) is 3.92. The Morgan fingerprint density at radius 1 is 1.35 bits per heavy atom. The summed E-state index contributed by atoms with van der Waals surface area (Å²) in [5.74, 6) is -0.241. The SMILES string of the molecule is COCCNS(=O)(=O)c1ccc(OCC(=O)NCCO)c(Cl)c1. The summed E-state index contributed by atoms with van der Waals surface area (Å²) in [4.78, 5) is 11.3. The number of hydrogen-bond acceptors (Lipinski definition) is 6. The molecule has 0 fully saturated rings. The number of nitrogens with one attached hydrogen (secondary N) is 2. The van der Waals surface area contributed by atoms with Gasteiger partial charge in [-0.15, -0.1) is 0 Å². The highest BCUT2D eigenvalue weighted by Crippen LogP contribution is 2.27. The number of hydrogen-bond donors (Lipinski definition) is 3. The van der Waals surface area contributed by atoms with Crippen LogP contribution in [0.4, 0.5) is 0 Å². The van der Waals surface area contributed by atoms with Gasteiger partial charge in [0.1, 0.15) is 5.75 Å². The highest BCUT2D eigenvalue weighted by molar-refractivity contribution is 7.89. The van der Waals surface area contributed by atoms with Gasteiger partial charge in [0, 0.05) is 20.2 Å². The van der Waals surface area contributed by atoms with Crippen molar-refractivity contribution >= 4 is 27.5 Å². The first-order valence-corrected chi connectivity index (χ1v) is 8.55. The molecule has 0 aliphatic heterocycles. The van der Waals surface area contributed by atoms with E-state index in [2.05, 4.69) is 10.0 Å². The molecule has 0 spiro atoms. The minimum absolute atomic E-state index is 0.0179. The smallest absolute Gasteiger partial charge is 0.258 e. The third kappa shape index (κ3) is 6.71. The zero-order valence-corrected chi connectivity index (χ0v) is 14.1. The number of sulfonamides is 1. The maximum Gasteiger partial charge on any atom is 0.258 e. The third-order valence-electron chi connectivity index (χ3n) is 2.60. The van der Waals surface area contributed by atoms with Crippen LogP contribution in [0.5, 0.6) is 5.75 Å². The Morgan fingerprint density at radius 3 is 2.70 bits per heavy atom. The van der Waals surface area contributed by atoms with Gasteiger partial charge < -0.3 is 19.9 Å². The molecule has 23 heavy (non-hydrogen) atoms. The molecule has 130 valence electrons. The second-order valence-corrected chi connectivity index (χ2v) is 6.52. The van der Waals surface area contributed by atoms with Gasteiger partial charge in [0.25, 0.3) is 5.91 Å². The molecular weight excluding hydrogens is 348 g/mol. The lowest BCUT2D eigenvalue weighted by atomic mass is 10.3. The first-order chi connectivity index (χ1) is 10.9. The van der Waals surface area contributed by atoms with Gasteiger partial charge >= 0.3 is 0 Å². The van der Waals surface area contributed by atoms with Crippen LogP contribution < -0.4 is 14.8 Å². The van der Waals surface area contributed by atoms with Crippen LogP contribution in [0.15, 0.2) is 23.1 Å². The van der Waals surface area contributed by atoms with Crippen molar-refractivity contribution in [3.8, 4) is 5.75 Å². The predicted molar refractivity (Wildman–Crippen MR) is 84.1 cm³/mol. The number of ether oxygens (including phenoxy) is 2. The second-order valence-electron chi connectivity index (χ2n) is 4.35. The van der Waals surface area contributed by atoms with Gasteiger partial charge in [-0.25, -0.2) is 13.1 Å². The Bertz CT molecular complexity index is 623. The molecule has 0 heterocycles. The fourth-order valence-electron chi connectivity index (χ4n) is 1.52. The van der Waals surface area contributed by atoms with Crippen LogP contribution in [0, 0.1) is 0 Å². The fraction of sp³-hybridized carbons (Fsp3) is 0.462. The van der Waals surface area contributed by atoms with E-state index in [9.17, 15) is 13.2 Å². The van der Waals surface area contributed by atoms with Gasteiger partial charge in [0.15, 0.2) is 6.61 Å². The molecule has 1 aromatic carbocycles. The van der Waals surface area contributed by atoms with Crippen molar-refractivity contribution in [1.29, 1.82) is 0 Å². The quantitative estimate of drug-likeness (QED) is 0.492. The van der Waals surface area contributed by atoms with Crippen molar-refractivity contribution in [2.75, 3.05) is 40.0 Å². The number of carbonyl (C=O) groups excluding carboxylic acids is 1. The van der Waals surface area contributed by atoms with Gasteiger partial charge in [0.05, 0.1) is 23.1 Å². The zero-order chi connectivity index (χ0) is 17.3. The molecule has 0 saturated carbocycles. The maximum absolute atomic E-state index is 12.0. The molecule has 0 unspecified atom stereocenters. The zero-order valence-electron chi connectivity index (χ0n) is 12.5. The number of amides is 1. The summed E-state index contributed by atoms with van der Waals surface area (Å²) in [5, 5.41) is 11.1. The number of aliphatic hydroxyl groups excluding tert-OH is 1. The fourth-order valence-corrected chi connectivity index (χ4v) is 2.86. The maximum atomic E-state index is 12.0. The summed E-state index contributed by atoms with van der Waals surface area (Å²) in [7, 11) is -2.23. The lowest BCUT2D eigenvalue weighted by Gasteiger charge is -2.10. The first kappa shape index (κ1) is 19.7. The molecule has 0 radical (unpaired) electrons. The molecule has 1 rings (SSSR count). The Kier molecular flexibility index (Phi) is 8.28. The molecule has 0 aliphatic carbocycles. The van der Waals surface area contributed by atoms with E-state index >= 15 is 0 Å². The van der Waals surface area contributed by atoms with Crippen LogP contribution in [-0.4, -0.2) is 59.5 Å². The third-order valence-corrected chi connectivity index (χ3v) is 4.36. The van der Waals surface area contributed by atoms with Gasteiger partial charge in [0.2, 0.25) is 10.0 Å². The summed E-state index contributed by atoms with van der Waals surface area (Å²) in [5.41, 5.74) is 0. The number of carbonyl (C=O) groups is 1. The highest BCUT2D eigenvalue weighted by atomic mass is 35.5. The lowest BCUT2D eigenvalue weighted by Crippen LogP contribution is -2.31. The molecular formula is C13H19ClN2O6S. The first-order valence-electron chi connectivity index (χ1n) is 6.69. The van der Waals surface area contributed by atoms with E-state index in [0.717, 1.165) is 0 Å². The lowest BCUT2D eigenvalue weighted by molar-refractivity contribution is -0.123. The normalized spacial score (nSPS) is 11.3. The van der Waals surface area contributed by atoms with E-state index in [-0.39, 0.29) is 48.6 Å². The summed E-state index contributed by atoms with van der Waals surface area (Å²) in [6.07, 6.45) is 0. The van der Waals surface area contributed by atoms with Gasteiger partial charge in [-0.05, 0) is 18.2 Å². The van der Waals surface area contributed by atoms with E-state index in [1.807, 2.05) is 0 Å². The van der Waals surface area contributed by atoms with Crippen LogP contribution >= 0.6 is 11.6 Å². The number of aliphatic hydroxyl groups is 1. The molecule has 8 nitrogen and oxygen atoms in total. The Labute approximate surface area is 139 Å². The molecule has 3 N–H and O–H groups in total. The largest absolute Gasteiger partial charge is 0.482 e. The summed E-state index contributed by atoms with van der Waals surface area (Å²) >= 11 is 5.97. The monoisotopic (exact) mass is 366 g/mol. The number of rotatable bonds is 10. The number of benzene rings is 1. The minimum atomic E-state index is -3.69. The second kappa shape index (κ2) is 9.68. The molecule has 0 aromatic heterocycles. The van der Waals surface area contributed by atoms with Crippen molar-refractivity contribution < 1.29 is 27.8 Å².